The smallest absolute Gasteiger partial charge is 0.414 e. The summed E-state index contributed by atoms with van der Waals surface area (Å²) in [7, 11) is 0. The van der Waals surface area contributed by atoms with Crippen molar-refractivity contribution in [2.45, 2.75) is 56.4 Å². The molecular formula is C34H35N5O4. The van der Waals surface area contributed by atoms with Crippen LogP contribution >= 0.6 is 0 Å². The van der Waals surface area contributed by atoms with E-state index in [1.807, 2.05) is 79.0 Å². The minimum atomic E-state index is -1.35. The van der Waals surface area contributed by atoms with Gasteiger partial charge in [0, 0.05) is 52.9 Å². The highest BCUT2D eigenvalue weighted by Gasteiger charge is 2.40. The zero-order valence-electron chi connectivity index (χ0n) is 24.1. The van der Waals surface area contributed by atoms with Crippen LogP contribution in [-0.2, 0) is 16.6 Å². The van der Waals surface area contributed by atoms with E-state index in [0.29, 0.717) is 12.3 Å². The van der Waals surface area contributed by atoms with Crippen LogP contribution in [0.3, 0.4) is 0 Å². The number of pyridine rings is 1. The molecule has 0 spiro atoms. The van der Waals surface area contributed by atoms with Crippen molar-refractivity contribution in [1.82, 2.24) is 25.6 Å². The minimum absolute atomic E-state index is 0.0230. The molecule has 3 heterocycles. The Labute approximate surface area is 250 Å². The van der Waals surface area contributed by atoms with Crippen molar-refractivity contribution in [2.24, 2.45) is 0 Å². The molecule has 0 saturated heterocycles. The first-order chi connectivity index (χ1) is 21.0. The lowest BCUT2D eigenvalue weighted by Crippen LogP contribution is -2.60. The molecule has 3 N–H and O–H groups in total. The highest BCUT2D eigenvalue weighted by atomic mass is 16.6. The Morgan fingerprint density at radius 2 is 1.74 bits per heavy atom. The topological polar surface area (TPSA) is 122 Å². The Morgan fingerprint density at radius 1 is 0.977 bits per heavy atom. The number of ether oxygens (including phenoxy) is 1. The molecule has 5 aromatic rings. The van der Waals surface area contributed by atoms with Gasteiger partial charge >= 0.3 is 6.09 Å². The monoisotopic (exact) mass is 577 g/mol. The summed E-state index contributed by atoms with van der Waals surface area (Å²) in [6.07, 6.45) is 9.53. The number of benzene rings is 2. The number of para-hydroxylation sites is 1. The fourth-order valence-corrected chi connectivity index (χ4v) is 6.14. The number of nitrogens with one attached hydrogen (secondary N) is 3. The fourth-order valence-electron chi connectivity index (χ4n) is 6.14. The number of amides is 2. The number of rotatable bonds is 9. The van der Waals surface area contributed by atoms with Gasteiger partial charge in [-0.05, 0) is 43.5 Å². The number of nitrogens with zero attached hydrogens (tertiary/aromatic N) is 2. The van der Waals surface area contributed by atoms with Crippen molar-refractivity contribution in [3.05, 3.63) is 103 Å². The quantitative estimate of drug-likeness (QED) is 0.188. The number of aromatic amines is 1. The van der Waals surface area contributed by atoms with Crippen LogP contribution in [0.1, 0.15) is 50.3 Å². The van der Waals surface area contributed by atoms with E-state index < -0.39 is 11.6 Å². The maximum atomic E-state index is 14.1. The van der Waals surface area contributed by atoms with Gasteiger partial charge in [0.2, 0.25) is 5.91 Å². The third-order valence-electron chi connectivity index (χ3n) is 8.46. The molecule has 1 fully saturated rings. The van der Waals surface area contributed by atoms with Gasteiger partial charge < -0.3 is 24.8 Å². The number of oxazole rings is 1. The second-order valence-corrected chi connectivity index (χ2v) is 11.5. The third-order valence-corrected chi connectivity index (χ3v) is 8.46. The maximum Gasteiger partial charge on any atom is 0.414 e. The van der Waals surface area contributed by atoms with E-state index in [1.165, 1.54) is 12.8 Å². The van der Waals surface area contributed by atoms with Gasteiger partial charge in [0.15, 0.2) is 12.2 Å². The summed E-state index contributed by atoms with van der Waals surface area (Å²) in [6.45, 7) is 2.14. The van der Waals surface area contributed by atoms with Gasteiger partial charge in [-0.25, -0.2) is 4.79 Å². The van der Waals surface area contributed by atoms with Crippen LogP contribution in [0.5, 0.6) is 5.88 Å². The van der Waals surface area contributed by atoms with Gasteiger partial charge in [-0.3, -0.25) is 9.78 Å². The van der Waals surface area contributed by atoms with E-state index in [-0.39, 0.29) is 23.6 Å². The normalized spacial score (nSPS) is 15.8. The number of carbonyl (C=O) groups is 2. The number of hydrogen-bond acceptors (Lipinski definition) is 6. The minimum Gasteiger partial charge on any atom is -0.439 e. The molecule has 0 bridgehead atoms. The van der Waals surface area contributed by atoms with Gasteiger partial charge in [0.25, 0.3) is 5.88 Å². The van der Waals surface area contributed by atoms with Crippen LogP contribution in [0, 0.1) is 0 Å². The van der Waals surface area contributed by atoms with Gasteiger partial charge in [0.05, 0.1) is 0 Å². The van der Waals surface area contributed by atoms with Crippen molar-refractivity contribution in [3.8, 4) is 17.2 Å². The van der Waals surface area contributed by atoms with Crippen LogP contribution in [0.4, 0.5) is 4.79 Å². The molecule has 0 radical (unpaired) electrons. The summed E-state index contributed by atoms with van der Waals surface area (Å²) in [6, 6.07) is 23.1. The molecular weight excluding hydrogens is 542 g/mol. The van der Waals surface area contributed by atoms with E-state index in [1.54, 1.807) is 13.1 Å². The molecule has 1 aliphatic carbocycles. The summed E-state index contributed by atoms with van der Waals surface area (Å²) in [5.74, 6) is 0.0436. The molecule has 220 valence electrons. The second-order valence-electron chi connectivity index (χ2n) is 11.5. The van der Waals surface area contributed by atoms with Crippen molar-refractivity contribution in [1.29, 1.82) is 0 Å². The Balaban J connectivity index is 1.26. The maximum absolute atomic E-state index is 14.1. The van der Waals surface area contributed by atoms with Crippen LogP contribution < -0.4 is 15.4 Å². The van der Waals surface area contributed by atoms with E-state index in [0.717, 1.165) is 53.4 Å². The van der Waals surface area contributed by atoms with Gasteiger partial charge in [-0.2, -0.15) is 4.98 Å². The second kappa shape index (κ2) is 12.1. The van der Waals surface area contributed by atoms with E-state index in [9.17, 15) is 9.59 Å². The molecule has 6 rings (SSSR count). The standard InChI is InChI=1S/C34H35N5O4/c1-33(20-25-21-36-27-15-7-6-14-26(25)27,39-32(41)43-30-29(42-23-38-30)24-12-4-2-5-13-24)31(40)37-22-34(17-9-3-10-18-34)28-16-8-11-19-35-28/h2,4-8,11-16,19,21,23,36H,3,9-10,17-18,20,22H2,1H3,(H,37,40)(H,39,41)/t33-/m0/s1. The molecule has 9 nitrogen and oxygen atoms in total. The van der Waals surface area contributed by atoms with Gasteiger partial charge in [0.1, 0.15) is 5.54 Å². The van der Waals surface area contributed by atoms with Crippen molar-refractivity contribution in [3.63, 3.8) is 0 Å². The largest absolute Gasteiger partial charge is 0.439 e. The number of fused-ring (bicyclic) bond motifs is 1. The third kappa shape index (κ3) is 6.02. The first kappa shape index (κ1) is 28.2. The molecule has 1 saturated carbocycles. The van der Waals surface area contributed by atoms with Crippen LogP contribution in [0.2, 0.25) is 0 Å². The number of aromatic nitrogens is 3. The van der Waals surface area contributed by atoms with Crippen molar-refractivity contribution >= 4 is 22.9 Å². The number of H-pyrrole nitrogens is 1. The zero-order chi connectivity index (χ0) is 29.7. The summed E-state index contributed by atoms with van der Waals surface area (Å²) < 4.78 is 11.1. The fraction of sp³-hybridized carbons (Fsp3) is 0.294. The zero-order valence-corrected chi connectivity index (χ0v) is 24.1. The highest BCUT2D eigenvalue weighted by Crippen LogP contribution is 2.38. The van der Waals surface area contributed by atoms with Crippen molar-refractivity contribution in [2.75, 3.05) is 6.54 Å². The lowest BCUT2D eigenvalue weighted by Gasteiger charge is -2.38. The molecule has 9 heteroatoms. The van der Waals surface area contributed by atoms with E-state index >= 15 is 0 Å². The van der Waals surface area contributed by atoms with E-state index in [4.69, 9.17) is 9.15 Å². The number of hydrogen-bond donors (Lipinski definition) is 3. The molecule has 43 heavy (non-hydrogen) atoms. The molecule has 2 amide bonds. The first-order valence-corrected chi connectivity index (χ1v) is 14.7. The summed E-state index contributed by atoms with van der Waals surface area (Å²) >= 11 is 0. The highest BCUT2D eigenvalue weighted by molar-refractivity contribution is 5.92. The predicted molar refractivity (Wildman–Crippen MR) is 164 cm³/mol. The Kier molecular flexibility index (Phi) is 7.96. The summed E-state index contributed by atoms with van der Waals surface area (Å²) in [4.78, 5) is 39.6. The molecule has 0 unspecified atom stereocenters. The van der Waals surface area contributed by atoms with Crippen molar-refractivity contribution < 1.29 is 18.7 Å². The summed E-state index contributed by atoms with van der Waals surface area (Å²) in [5.41, 5.74) is 1.95. The van der Waals surface area contributed by atoms with Crippen LogP contribution in [0.15, 0.2) is 96.0 Å². The van der Waals surface area contributed by atoms with Gasteiger partial charge in [-0.1, -0.05) is 73.9 Å². The SMILES string of the molecule is C[C@@](Cc1c[nH]c2ccccc12)(NC(=O)Oc1ncoc1-c1ccccc1)C(=O)NCC1(c2ccccn2)CCCCC1. The Hall–Kier alpha value is -4.92. The molecule has 2 aromatic carbocycles. The van der Waals surface area contributed by atoms with Gasteiger partial charge in [-0.15, -0.1) is 0 Å². The van der Waals surface area contributed by atoms with E-state index in [2.05, 4.69) is 25.6 Å². The predicted octanol–water partition coefficient (Wildman–Crippen LogP) is 6.33. The molecule has 0 aliphatic heterocycles. The average Bonchev–Trinajstić information content (AvgIpc) is 3.68. The first-order valence-electron chi connectivity index (χ1n) is 14.7. The molecule has 1 aliphatic rings. The summed E-state index contributed by atoms with van der Waals surface area (Å²) in [5, 5.41) is 7.05. The lowest BCUT2D eigenvalue weighted by atomic mass is 9.71. The molecule has 1 atom stereocenters. The Bertz CT molecular complexity index is 1690. The van der Waals surface area contributed by atoms with Crippen LogP contribution in [0.25, 0.3) is 22.2 Å². The number of carbonyl (C=O) groups excluding carboxylic acids is 2. The molecule has 3 aromatic heterocycles. The Morgan fingerprint density at radius 3 is 2.53 bits per heavy atom. The van der Waals surface area contributed by atoms with Crippen LogP contribution in [-0.4, -0.2) is 39.0 Å². The lowest BCUT2D eigenvalue weighted by molar-refractivity contribution is -0.127. The average molecular weight is 578 g/mol.